The topological polar surface area (TPSA) is 17.1 Å². The molecule has 0 amide bonds. The van der Waals surface area contributed by atoms with Crippen LogP contribution in [0, 0.1) is 6.92 Å². The fourth-order valence-corrected chi connectivity index (χ4v) is 2.43. The summed E-state index contributed by atoms with van der Waals surface area (Å²) in [5, 5.41) is 0. The van der Waals surface area contributed by atoms with E-state index in [0.717, 1.165) is 23.3 Å². The zero-order chi connectivity index (χ0) is 14.2. The van der Waals surface area contributed by atoms with Crippen LogP contribution in [-0.4, -0.2) is 5.78 Å². The lowest BCUT2D eigenvalue weighted by atomic mass is 9.85. The summed E-state index contributed by atoms with van der Waals surface area (Å²) in [4.78, 5) is 11.7. The molecule has 102 valence electrons. The Balaban J connectivity index is 2.56. The second-order valence-corrected chi connectivity index (χ2v) is 4.91. The van der Waals surface area contributed by atoms with Gasteiger partial charge in [0.15, 0.2) is 5.78 Å². The van der Waals surface area contributed by atoms with Gasteiger partial charge in [-0.15, -0.1) is 0 Å². The second-order valence-electron chi connectivity index (χ2n) is 4.91. The predicted molar refractivity (Wildman–Crippen MR) is 67.6 cm³/mol. The Labute approximate surface area is 110 Å². The van der Waals surface area contributed by atoms with Crippen LogP contribution in [0.2, 0.25) is 0 Å². The molecule has 0 heterocycles. The number of alkyl halides is 3. The van der Waals surface area contributed by atoms with E-state index < -0.39 is 11.7 Å². The number of ketones is 1. The van der Waals surface area contributed by atoms with Crippen molar-refractivity contribution in [1.82, 2.24) is 0 Å². The molecule has 19 heavy (non-hydrogen) atoms. The van der Waals surface area contributed by atoms with Gasteiger partial charge in [0.05, 0.1) is 5.56 Å². The summed E-state index contributed by atoms with van der Waals surface area (Å²) < 4.78 is 38.3. The first-order valence-corrected chi connectivity index (χ1v) is 6.22. The van der Waals surface area contributed by atoms with Crippen LogP contribution >= 0.6 is 0 Å². The third kappa shape index (κ3) is 2.72. The van der Waals surface area contributed by atoms with Crippen molar-refractivity contribution < 1.29 is 18.0 Å². The third-order valence-corrected chi connectivity index (χ3v) is 3.59. The highest BCUT2D eigenvalue weighted by Crippen LogP contribution is 2.36. The summed E-state index contributed by atoms with van der Waals surface area (Å²) in [5.41, 5.74) is 2.04. The van der Waals surface area contributed by atoms with Crippen LogP contribution in [0.15, 0.2) is 23.8 Å². The number of hydrogen-bond donors (Lipinski definition) is 0. The van der Waals surface area contributed by atoms with Crippen molar-refractivity contribution >= 4 is 11.4 Å². The zero-order valence-corrected chi connectivity index (χ0v) is 10.9. The molecule has 0 atom stereocenters. The smallest absolute Gasteiger partial charge is 0.295 e. The molecule has 1 nitrogen and oxygen atoms in total. The first kappa shape index (κ1) is 13.8. The van der Waals surface area contributed by atoms with E-state index in [2.05, 4.69) is 0 Å². The number of carbonyl (C=O) groups excluding carboxylic acids is 1. The molecule has 0 fully saturated rings. The number of halogens is 3. The minimum absolute atomic E-state index is 0.0399. The third-order valence-electron chi connectivity index (χ3n) is 3.59. The zero-order valence-electron chi connectivity index (χ0n) is 10.9. The van der Waals surface area contributed by atoms with Crippen LogP contribution in [0.3, 0.4) is 0 Å². The summed E-state index contributed by atoms with van der Waals surface area (Å²) in [5.74, 6) is 0.0399. The van der Waals surface area contributed by atoms with Crippen molar-refractivity contribution in [3.63, 3.8) is 0 Å². The van der Waals surface area contributed by atoms with E-state index in [9.17, 15) is 18.0 Å². The Bertz CT molecular complexity index is 553. The van der Waals surface area contributed by atoms with Gasteiger partial charge in [-0.2, -0.15) is 13.2 Å². The van der Waals surface area contributed by atoms with Gasteiger partial charge in [-0.3, -0.25) is 4.79 Å². The molecule has 0 saturated heterocycles. The molecule has 4 heteroatoms. The summed E-state index contributed by atoms with van der Waals surface area (Å²) in [7, 11) is 0. The molecule has 0 N–H and O–H groups in total. The lowest BCUT2D eigenvalue weighted by Crippen LogP contribution is -2.11. The van der Waals surface area contributed by atoms with Crippen LogP contribution in [0.4, 0.5) is 13.2 Å². The number of Topliss-reactive ketones (excluding diaryl/α,β-unsaturated/α-hetero) is 1. The fraction of sp³-hybridized carbons (Fsp3) is 0.400. The molecule has 0 radical (unpaired) electrons. The highest BCUT2D eigenvalue weighted by molar-refractivity contribution is 6.03. The van der Waals surface area contributed by atoms with Crippen molar-refractivity contribution in [3.8, 4) is 0 Å². The molecule has 1 aromatic rings. The van der Waals surface area contributed by atoms with Gasteiger partial charge >= 0.3 is 6.18 Å². The summed E-state index contributed by atoms with van der Waals surface area (Å²) in [6, 6.07) is 3.71. The molecule has 0 saturated carbocycles. The van der Waals surface area contributed by atoms with Crippen LogP contribution in [0.25, 0.3) is 5.57 Å². The van der Waals surface area contributed by atoms with E-state index >= 15 is 0 Å². The first-order chi connectivity index (χ1) is 8.80. The number of rotatable bonds is 1. The molecular weight excluding hydrogens is 253 g/mol. The largest absolute Gasteiger partial charge is 0.416 e. The standard InChI is InChI=1S/C15H15F3O/c1-9-6-7-11(15(16,17)18)8-13(9)12-4-3-5-14(19)10(12)2/h6-8H,3-5H2,1-2H3. The number of aryl methyl sites for hydroxylation is 1. The molecule has 1 aliphatic rings. The molecule has 0 unspecified atom stereocenters. The van der Waals surface area contributed by atoms with Gasteiger partial charge in [-0.1, -0.05) is 6.07 Å². The molecule has 0 aromatic heterocycles. The molecule has 2 rings (SSSR count). The average Bonchev–Trinajstić information content (AvgIpc) is 2.32. The second kappa shape index (κ2) is 4.83. The lowest BCUT2D eigenvalue weighted by Gasteiger charge is -2.20. The van der Waals surface area contributed by atoms with E-state index in [1.165, 1.54) is 6.07 Å². The van der Waals surface area contributed by atoms with Crippen molar-refractivity contribution in [2.24, 2.45) is 0 Å². The van der Waals surface area contributed by atoms with Gasteiger partial charge < -0.3 is 0 Å². The molecule has 0 bridgehead atoms. The van der Waals surface area contributed by atoms with E-state index in [0.29, 0.717) is 30.4 Å². The SMILES string of the molecule is CC1=C(c2cc(C(F)(F)F)ccc2C)CCCC1=O. The molecule has 0 aliphatic heterocycles. The number of hydrogen-bond acceptors (Lipinski definition) is 1. The van der Waals surface area contributed by atoms with Crippen molar-refractivity contribution in [1.29, 1.82) is 0 Å². The molecule has 1 aromatic carbocycles. The van der Waals surface area contributed by atoms with Gasteiger partial charge in [0.1, 0.15) is 0 Å². The number of carbonyl (C=O) groups is 1. The van der Waals surface area contributed by atoms with E-state index in [-0.39, 0.29) is 5.78 Å². The first-order valence-electron chi connectivity index (χ1n) is 6.22. The predicted octanol–water partition coefficient (Wildman–Crippen LogP) is 4.54. The van der Waals surface area contributed by atoms with E-state index in [4.69, 9.17) is 0 Å². The highest BCUT2D eigenvalue weighted by atomic mass is 19.4. The Morgan fingerprint density at radius 3 is 2.42 bits per heavy atom. The Kier molecular flexibility index (Phi) is 3.52. The minimum Gasteiger partial charge on any atom is -0.295 e. The Morgan fingerprint density at radius 1 is 1.11 bits per heavy atom. The monoisotopic (exact) mass is 268 g/mol. The maximum atomic E-state index is 12.8. The lowest BCUT2D eigenvalue weighted by molar-refractivity contribution is -0.137. The molecule has 1 aliphatic carbocycles. The van der Waals surface area contributed by atoms with Crippen LogP contribution < -0.4 is 0 Å². The van der Waals surface area contributed by atoms with Gasteiger partial charge in [0, 0.05) is 6.42 Å². The summed E-state index contributed by atoms with van der Waals surface area (Å²) in [6.07, 6.45) is -2.48. The Morgan fingerprint density at radius 2 is 1.79 bits per heavy atom. The van der Waals surface area contributed by atoms with E-state index in [1.54, 1.807) is 13.8 Å². The van der Waals surface area contributed by atoms with Crippen molar-refractivity contribution in [2.75, 3.05) is 0 Å². The fourth-order valence-electron chi connectivity index (χ4n) is 2.43. The summed E-state index contributed by atoms with van der Waals surface area (Å²) >= 11 is 0. The maximum absolute atomic E-state index is 12.8. The van der Waals surface area contributed by atoms with Gasteiger partial charge in [-0.25, -0.2) is 0 Å². The van der Waals surface area contributed by atoms with Crippen LogP contribution in [0.1, 0.15) is 42.9 Å². The van der Waals surface area contributed by atoms with Crippen LogP contribution in [-0.2, 0) is 11.0 Å². The molecular formula is C15H15F3O. The van der Waals surface area contributed by atoms with Gasteiger partial charge in [-0.05, 0) is 61.1 Å². The van der Waals surface area contributed by atoms with Crippen molar-refractivity contribution in [3.05, 3.63) is 40.5 Å². The van der Waals surface area contributed by atoms with Gasteiger partial charge in [0.25, 0.3) is 0 Å². The quantitative estimate of drug-likeness (QED) is 0.730. The highest BCUT2D eigenvalue weighted by Gasteiger charge is 2.31. The Hall–Kier alpha value is -1.58. The van der Waals surface area contributed by atoms with Crippen molar-refractivity contribution in [2.45, 2.75) is 39.3 Å². The maximum Gasteiger partial charge on any atom is 0.416 e. The average molecular weight is 268 g/mol. The minimum atomic E-state index is -4.35. The van der Waals surface area contributed by atoms with E-state index in [1.807, 2.05) is 0 Å². The number of benzene rings is 1. The molecule has 0 spiro atoms. The number of allylic oxidation sites excluding steroid dienone is 2. The van der Waals surface area contributed by atoms with Crippen LogP contribution in [0.5, 0.6) is 0 Å². The summed E-state index contributed by atoms with van der Waals surface area (Å²) in [6.45, 7) is 3.48. The normalized spacial score (nSPS) is 17.0. The van der Waals surface area contributed by atoms with Gasteiger partial charge in [0.2, 0.25) is 0 Å².